The molecule has 0 spiro atoms. The lowest BCUT2D eigenvalue weighted by atomic mass is 9.93. The van der Waals surface area contributed by atoms with Crippen LogP contribution in [0.4, 0.5) is 0 Å². The van der Waals surface area contributed by atoms with Crippen molar-refractivity contribution in [2.75, 3.05) is 13.1 Å². The SMILES string of the molecule is CCC(=O)N1CCC(NCc2ccc(-c3scnc3C)cc2)C(C)C1. The number of aryl methyl sites for hydroxylation is 1. The largest absolute Gasteiger partial charge is 0.342 e. The number of hydrogen-bond acceptors (Lipinski definition) is 4. The fourth-order valence-corrected chi connectivity index (χ4v) is 4.31. The molecule has 3 rings (SSSR count). The fourth-order valence-electron chi connectivity index (χ4n) is 3.50. The third-order valence-corrected chi connectivity index (χ3v) is 6.07. The molecule has 1 saturated heterocycles. The van der Waals surface area contributed by atoms with E-state index in [-0.39, 0.29) is 5.91 Å². The predicted octanol–water partition coefficient (Wildman–Crippen LogP) is 3.86. The van der Waals surface area contributed by atoms with Gasteiger partial charge in [0.1, 0.15) is 0 Å². The van der Waals surface area contributed by atoms with Gasteiger partial charge < -0.3 is 10.2 Å². The summed E-state index contributed by atoms with van der Waals surface area (Å²) in [4.78, 5) is 19.4. The lowest BCUT2D eigenvalue weighted by molar-refractivity contribution is -0.132. The standard InChI is InChI=1S/C20H27N3OS/c1-4-19(24)23-10-9-18(14(2)12-23)21-11-16-5-7-17(8-6-16)20-15(3)22-13-25-20/h5-8,13-14,18,21H,4,9-12H2,1-3H3. The van der Waals surface area contributed by atoms with Gasteiger partial charge in [0.05, 0.1) is 16.1 Å². The van der Waals surface area contributed by atoms with Crippen LogP contribution in [0.5, 0.6) is 0 Å². The molecule has 25 heavy (non-hydrogen) atoms. The Labute approximate surface area is 154 Å². The van der Waals surface area contributed by atoms with E-state index in [1.54, 1.807) is 11.3 Å². The molecule has 2 heterocycles. The summed E-state index contributed by atoms with van der Waals surface area (Å²) in [6.45, 7) is 8.85. The molecule has 0 radical (unpaired) electrons. The Kier molecular flexibility index (Phi) is 5.86. The number of rotatable bonds is 5. The van der Waals surface area contributed by atoms with Crippen molar-refractivity contribution < 1.29 is 4.79 Å². The number of hydrogen-bond donors (Lipinski definition) is 1. The zero-order valence-corrected chi connectivity index (χ0v) is 16.1. The Hall–Kier alpha value is -1.72. The first-order valence-corrected chi connectivity index (χ1v) is 9.97. The molecule has 0 aliphatic carbocycles. The first-order chi connectivity index (χ1) is 12.1. The average molecular weight is 358 g/mol. The molecule has 1 aliphatic rings. The number of piperidine rings is 1. The molecule has 5 heteroatoms. The molecule has 1 amide bonds. The smallest absolute Gasteiger partial charge is 0.222 e. The van der Waals surface area contributed by atoms with Gasteiger partial charge in [0, 0.05) is 32.1 Å². The Morgan fingerprint density at radius 2 is 2.12 bits per heavy atom. The highest BCUT2D eigenvalue weighted by atomic mass is 32.1. The summed E-state index contributed by atoms with van der Waals surface area (Å²) in [5, 5.41) is 3.68. The fraction of sp³-hybridized carbons (Fsp3) is 0.500. The van der Waals surface area contributed by atoms with Crippen molar-refractivity contribution in [2.24, 2.45) is 5.92 Å². The van der Waals surface area contributed by atoms with Gasteiger partial charge in [-0.05, 0) is 30.4 Å². The van der Waals surface area contributed by atoms with E-state index in [1.807, 2.05) is 17.3 Å². The summed E-state index contributed by atoms with van der Waals surface area (Å²) < 4.78 is 0. The highest BCUT2D eigenvalue weighted by molar-refractivity contribution is 7.13. The van der Waals surface area contributed by atoms with Crippen molar-refractivity contribution in [2.45, 2.75) is 46.2 Å². The second-order valence-electron chi connectivity index (χ2n) is 6.91. The van der Waals surface area contributed by atoms with E-state index in [0.29, 0.717) is 18.4 Å². The maximum atomic E-state index is 11.9. The lowest BCUT2D eigenvalue weighted by Crippen LogP contribution is -2.49. The summed E-state index contributed by atoms with van der Waals surface area (Å²) in [5.74, 6) is 0.766. The van der Waals surface area contributed by atoms with Gasteiger partial charge in [0.2, 0.25) is 5.91 Å². The van der Waals surface area contributed by atoms with Gasteiger partial charge >= 0.3 is 0 Å². The number of nitrogens with one attached hydrogen (secondary N) is 1. The van der Waals surface area contributed by atoms with Gasteiger partial charge in [-0.1, -0.05) is 38.1 Å². The number of thiazole rings is 1. The highest BCUT2D eigenvalue weighted by Crippen LogP contribution is 2.27. The van der Waals surface area contributed by atoms with Gasteiger partial charge in [-0.15, -0.1) is 11.3 Å². The van der Waals surface area contributed by atoms with E-state index in [9.17, 15) is 4.79 Å². The zero-order chi connectivity index (χ0) is 17.8. The molecule has 1 fully saturated rings. The molecule has 2 aromatic rings. The molecule has 1 aliphatic heterocycles. The van der Waals surface area contributed by atoms with Crippen LogP contribution >= 0.6 is 11.3 Å². The number of benzene rings is 1. The molecule has 4 nitrogen and oxygen atoms in total. The molecule has 1 aromatic carbocycles. The van der Waals surface area contributed by atoms with Crippen molar-refractivity contribution in [1.82, 2.24) is 15.2 Å². The predicted molar refractivity (Wildman–Crippen MR) is 104 cm³/mol. The van der Waals surface area contributed by atoms with E-state index in [0.717, 1.165) is 31.7 Å². The van der Waals surface area contributed by atoms with Crippen molar-refractivity contribution in [3.63, 3.8) is 0 Å². The maximum absolute atomic E-state index is 11.9. The van der Waals surface area contributed by atoms with Crippen molar-refractivity contribution >= 4 is 17.2 Å². The summed E-state index contributed by atoms with van der Waals surface area (Å²) in [6, 6.07) is 9.24. The van der Waals surface area contributed by atoms with Crippen LogP contribution in [0.2, 0.25) is 0 Å². The number of carbonyl (C=O) groups excluding carboxylic acids is 1. The third kappa shape index (κ3) is 4.28. The number of amides is 1. The minimum absolute atomic E-state index is 0.277. The van der Waals surface area contributed by atoms with Gasteiger partial charge in [0.15, 0.2) is 0 Å². The summed E-state index contributed by atoms with van der Waals surface area (Å²) in [7, 11) is 0. The molecule has 0 bridgehead atoms. The molecular formula is C20H27N3OS. The Morgan fingerprint density at radius 1 is 1.36 bits per heavy atom. The van der Waals surface area contributed by atoms with Crippen molar-refractivity contribution in [1.29, 1.82) is 0 Å². The molecule has 1 N–H and O–H groups in total. The number of likely N-dealkylation sites (tertiary alicyclic amines) is 1. The molecule has 1 aromatic heterocycles. The Bertz CT molecular complexity index is 710. The van der Waals surface area contributed by atoms with Gasteiger partial charge in [-0.3, -0.25) is 4.79 Å². The molecular weight excluding hydrogens is 330 g/mol. The second-order valence-corrected chi connectivity index (χ2v) is 7.77. The summed E-state index contributed by atoms with van der Waals surface area (Å²) in [6.07, 6.45) is 1.64. The summed E-state index contributed by atoms with van der Waals surface area (Å²) in [5.41, 5.74) is 5.53. The minimum Gasteiger partial charge on any atom is -0.342 e. The van der Waals surface area contributed by atoms with Crippen LogP contribution < -0.4 is 5.32 Å². The highest BCUT2D eigenvalue weighted by Gasteiger charge is 2.27. The first-order valence-electron chi connectivity index (χ1n) is 9.09. The van der Waals surface area contributed by atoms with Crippen LogP contribution in [0.25, 0.3) is 10.4 Å². The van der Waals surface area contributed by atoms with Crippen molar-refractivity contribution in [3.05, 3.63) is 41.0 Å². The number of carbonyl (C=O) groups is 1. The average Bonchev–Trinajstić information content (AvgIpc) is 3.06. The van der Waals surface area contributed by atoms with E-state index in [2.05, 4.69) is 48.4 Å². The van der Waals surface area contributed by atoms with Crippen LogP contribution in [0.15, 0.2) is 29.8 Å². The van der Waals surface area contributed by atoms with E-state index < -0.39 is 0 Å². The van der Waals surface area contributed by atoms with Gasteiger partial charge in [-0.25, -0.2) is 4.98 Å². The molecule has 134 valence electrons. The topological polar surface area (TPSA) is 45.2 Å². The van der Waals surface area contributed by atoms with Crippen LogP contribution in [0.1, 0.15) is 37.9 Å². The lowest BCUT2D eigenvalue weighted by Gasteiger charge is -2.37. The molecule has 2 unspecified atom stereocenters. The maximum Gasteiger partial charge on any atom is 0.222 e. The third-order valence-electron chi connectivity index (χ3n) is 5.09. The monoisotopic (exact) mass is 357 g/mol. The second kappa shape index (κ2) is 8.11. The molecule has 2 atom stereocenters. The number of aromatic nitrogens is 1. The summed E-state index contributed by atoms with van der Waals surface area (Å²) >= 11 is 1.69. The van der Waals surface area contributed by atoms with E-state index in [4.69, 9.17) is 0 Å². The van der Waals surface area contributed by atoms with Gasteiger partial charge in [0.25, 0.3) is 0 Å². The first kappa shape index (κ1) is 18.1. The van der Waals surface area contributed by atoms with Crippen LogP contribution in [-0.2, 0) is 11.3 Å². The molecule has 0 saturated carbocycles. The van der Waals surface area contributed by atoms with E-state index in [1.165, 1.54) is 16.0 Å². The van der Waals surface area contributed by atoms with Crippen LogP contribution in [-0.4, -0.2) is 34.9 Å². The Morgan fingerprint density at radius 3 is 2.72 bits per heavy atom. The van der Waals surface area contributed by atoms with Gasteiger partial charge in [-0.2, -0.15) is 0 Å². The zero-order valence-electron chi connectivity index (χ0n) is 15.3. The number of nitrogens with zero attached hydrogens (tertiary/aromatic N) is 2. The van der Waals surface area contributed by atoms with Crippen LogP contribution in [0, 0.1) is 12.8 Å². The normalized spacial score (nSPS) is 20.7. The quantitative estimate of drug-likeness (QED) is 0.884. The van der Waals surface area contributed by atoms with E-state index >= 15 is 0 Å². The minimum atomic E-state index is 0.277. The van der Waals surface area contributed by atoms with Crippen LogP contribution in [0.3, 0.4) is 0 Å². The van der Waals surface area contributed by atoms with Crippen molar-refractivity contribution in [3.8, 4) is 10.4 Å². The Balaban J connectivity index is 1.54.